The highest BCUT2D eigenvalue weighted by Crippen LogP contribution is 2.20. The van der Waals surface area contributed by atoms with Crippen LogP contribution in [0.15, 0.2) is 66.9 Å². The molecule has 2 amide bonds. The molecule has 0 spiro atoms. The van der Waals surface area contributed by atoms with Crippen molar-refractivity contribution in [3.05, 3.63) is 88.7 Å². The Morgan fingerprint density at radius 1 is 1.00 bits per heavy atom. The molecule has 2 aromatic carbocycles. The van der Waals surface area contributed by atoms with Gasteiger partial charge in [0, 0.05) is 41.6 Å². The smallest absolute Gasteiger partial charge is 0.254 e. The monoisotopic (exact) mass is 509 g/mol. The second-order valence-electron chi connectivity index (χ2n) is 9.65. The lowest BCUT2D eigenvalue weighted by atomic mass is 10.1. The molecule has 1 heterocycles. The Morgan fingerprint density at radius 2 is 1.75 bits per heavy atom. The lowest BCUT2D eigenvalue weighted by Crippen LogP contribution is -2.46. The second kappa shape index (κ2) is 12.6. The zero-order chi connectivity index (χ0) is 26.2. The van der Waals surface area contributed by atoms with E-state index in [1.807, 2.05) is 61.3 Å². The topological polar surface area (TPSA) is 54.8 Å². The summed E-state index contributed by atoms with van der Waals surface area (Å²) in [5, 5.41) is 0.718. The molecule has 0 saturated heterocycles. The van der Waals surface area contributed by atoms with Crippen LogP contribution in [0.2, 0.25) is 5.02 Å². The van der Waals surface area contributed by atoms with Crippen molar-refractivity contribution in [2.75, 3.05) is 20.2 Å². The largest absolute Gasteiger partial charge is 0.497 e. The summed E-state index contributed by atoms with van der Waals surface area (Å²) in [7, 11) is 1.57. The zero-order valence-electron chi connectivity index (χ0n) is 21.8. The third-order valence-corrected chi connectivity index (χ3v) is 6.39. The van der Waals surface area contributed by atoms with Gasteiger partial charge in [0.1, 0.15) is 12.3 Å². The van der Waals surface area contributed by atoms with Crippen LogP contribution in [-0.2, 0) is 17.9 Å². The molecular formula is C29H36ClN3O3. The molecule has 0 aliphatic carbocycles. The van der Waals surface area contributed by atoms with E-state index in [2.05, 4.69) is 18.4 Å². The highest BCUT2D eigenvalue weighted by molar-refractivity contribution is 6.31. The molecule has 3 rings (SSSR count). The third kappa shape index (κ3) is 7.14. The molecule has 192 valence electrons. The summed E-state index contributed by atoms with van der Waals surface area (Å²) in [6.07, 6.45) is 2.00. The van der Waals surface area contributed by atoms with Crippen molar-refractivity contribution >= 4 is 23.4 Å². The molecule has 7 heteroatoms. The first-order valence-corrected chi connectivity index (χ1v) is 12.7. The molecule has 36 heavy (non-hydrogen) atoms. The van der Waals surface area contributed by atoms with Gasteiger partial charge in [0.15, 0.2) is 0 Å². The molecule has 6 nitrogen and oxygen atoms in total. The Labute approximate surface area is 219 Å². The van der Waals surface area contributed by atoms with Gasteiger partial charge in [-0.3, -0.25) is 9.59 Å². The standard InChI is InChI=1S/C29H36ClN3O3/c1-21(2)17-32(19-25-12-9-15-31(25)18-24-10-6-7-14-27(24)30)28(34)20-33(22(3)4)29(35)23-11-8-13-26(16-23)36-5/h6-16,21-22H,17-20H2,1-5H3. The van der Waals surface area contributed by atoms with Crippen LogP contribution >= 0.6 is 11.6 Å². The number of benzene rings is 2. The fourth-order valence-corrected chi connectivity index (χ4v) is 4.30. The summed E-state index contributed by atoms with van der Waals surface area (Å²) >= 11 is 6.38. The first kappa shape index (κ1) is 27.3. The zero-order valence-corrected chi connectivity index (χ0v) is 22.5. The van der Waals surface area contributed by atoms with Gasteiger partial charge in [-0.15, -0.1) is 0 Å². The lowest BCUT2D eigenvalue weighted by molar-refractivity contribution is -0.133. The normalized spacial score (nSPS) is 11.1. The Balaban J connectivity index is 1.79. The maximum atomic E-state index is 13.6. The van der Waals surface area contributed by atoms with Gasteiger partial charge in [-0.1, -0.05) is 49.7 Å². The molecule has 0 radical (unpaired) electrons. The van der Waals surface area contributed by atoms with Crippen LogP contribution in [0.5, 0.6) is 5.75 Å². The fraction of sp³-hybridized carbons (Fsp3) is 0.379. The van der Waals surface area contributed by atoms with Gasteiger partial charge in [-0.2, -0.15) is 0 Å². The predicted molar refractivity (Wildman–Crippen MR) is 144 cm³/mol. The Morgan fingerprint density at radius 3 is 2.42 bits per heavy atom. The molecule has 0 bridgehead atoms. The first-order chi connectivity index (χ1) is 17.2. The summed E-state index contributed by atoms with van der Waals surface area (Å²) in [4.78, 5) is 30.4. The van der Waals surface area contributed by atoms with Gasteiger partial charge in [0.25, 0.3) is 5.91 Å². The molecule has 3 aromatic rings. The number of nitrogens with zero attached hydrogens (tertiary/aromatic N) is 3. The number of carbonyl (C=O) groups excluding carboxylic acids is 2. The minimum absolute atomic E-state index is 0.00561. The molecule has 0 atom stereocenters. The first-order valence-electron chi connectivity index (χ1n) is 12.3. The van der Waals surface area contributed by atoms with Crippen molar-refractivity contribution in [3.63, 3.8) is 0 Å². The van der Waals surface area contributed by atoms with Crippen LogP contribution in [0, 0.1) is 5.92 Å². The van der Waals surface area contributed by atoms with Crippen molar-refractivity contribution in [1.29, 1.82) is 0 Å². The minimum atomic E-state index is -0.191. The van der Waals surface area contributed by atoms with E-state index in [4.69, 9.17) is 16.3 Å². The van der Waals surface area contributed by atoms with Crippen LogP contribution in [0.1, 0.15) is 49.3 Å². The van der Waals surface area contributed by atoms with Gasteiger partial charge >= 0.3 is 0 Å². The number of halogens is 1. The maximum absolute atomic E-state index is 13.6. The number of rotatable bonds is 11. The number of aromatic nitrogens is 1. The van der Waals surface area contributed by atoms with Gasteiger partial charge in [0.05, 0.1) is 13.7 Å². The summed E-state index contributed by atoms with van der Waals surface area (Å²) < 4.78 is 7.39. The molecule has 0 aliphatic heterocycles. The molecule has 0 N–H and O–H groups in total. The van der Waals surface area contributed by atoms with Crippen molar-refractivity contribution < 1.29 is 14.3 Å². The molecule has 0 saturated carbocycles. The van der Waals surface area contributed by atoms with E-state index in [0.29, 0.717) is 30.9 Å². The number of carbonyl (C=O) groups is 2. The predicted octanol–water partition coefficient (Wildman–Crippen LogP) is 5.73. The highest BCUT2D eigenvalue weighted by atomic mass is 35.5. The van der Waals surface area contributed by atoms with Crippen LogP contribution in [0.4, 0.5) is 0 Å². The van der Waals surface area contributed by atoms with E-state index in [1.54, 1.807) is 36.3 Å². The number of hydrogen-bond donors (Lipinski definition) is 0. The summed E-state index contributed by atoms with van der Waals surface area (Å²) in [6, 6.07) is 18.7. The van der Waals surface area contributed by atoms with E-state index >= 15 is 0 Å². The van der Waals surface area contributed by atoms with E-state index < -0.39 is 0 Å². The van der Waals surface area contributed by atoms with Gasteiger partial charge in [-0.25, -0.2) is 0 Å². The highest BCUT2D eigenvalue weighted by Gasteiger charge is 2.26. The summed E-state index contributed by atoms with van der Waals surface area (Å²) in [5.74, 6) is 0.613. The van der Waals surface area contributed by atoms with Crippen molar-refractivity contribution in [3.8, 4) is 5.75 Å². The lowest BCUT2D eigenvalue weighted by Gasteiger charge is -2.31. The van der Waals surface area contributed by atoms with Crippen LogP contribution < -0.4 is 4.74 Å². The number of ether oxygens (including phenoxy) is 1. The van der Waals surface area contributed by atoms with Crippen LogP contribution in [0.3, 0.4) is 0 Å². The van der Waals surface area contributed by atoms with E-state index in [-0.39, 0.29) is 30.3 Å². The summed E-state index contributed by atoms with van der Waals surface area (Å²) in [5.41, 5.74) is 2.53. The maximum Gasteiger partial charge on any atom is 0.254 e. The van der Waals surface area contributed by atoms with Crippen molar-refractivity contribution in [2.45, 2.75) is 46.8 Å². The fourth-order valence-electron chi connectivity index (χ4n) is 4.10. The third-order valence-electron chi connectivity index (χ3n) is 6.02. The average Bonchev–Trinajstić information content (AvgIpc) is 3.29. The Bertz CT molecular complexity index is 1170. The summed E-state index contributed by atoms with van der Waals surface area (Å²) in [6.45, 7) is 9.70. The van der Waals surface area contributed by atoms with E-state index in [1.165, 1.54) is 0 Å². The molecule has 1 aromatic heterocycles. The van der Waals surface area contributed by atoms with E-state index in [0.717, 1.165) is 16.3 Å². The molecule has 0 unspecified atom stereocenters. The second-order valence-corrected chi connectivity index (χ2v) is 10.1. The minimum Gasteiger partial charge on any atom is -0.497 e. The quantitative estimate of drug-likeness (QED) is 0.331. The average molecular weight is 510 g/mol. The van der Waals surface area contributed by atoms with Gasteiger partial charge in [-0.05, 0) is 61.7 Å². The molecular weight excluding hydrogens is 474 g/mol. The number of hydrogen-bond acceptors (Lipinski definition) is 3. The molecule has 0 fully saturated rings. The Kier molecular flexibility index (Phi) is 9.59. The number of amides is 2. The van der Waals surface area contributed by atoms with E-state index in [9.17, 15) is 9.59 Å². The van der Waals surface area contributed by atoms with Gasteiger partial charge in [0.2, 0.25) is 5.91 Å². The molecule has 0 aliphatic rings. The SMILES string of the molecule is COc1cccc(C(=O)N(CC(=O)N(Cc2cccn2Cc2ccccc2Cl)CC(C)C)C(C)C)c1. The van der Waals surface area contributed by atoms with Crippen molar-refractivity contribution in [2.24, 2.45) is 5.92 Å². The van der Waals surface area contributed by atoms with Crippen molar-refractivity contribution in [1.82, 2.24) is 14.4 Å². The Hall–Kier alpha value is -3.25. The van der Waals surface area contributed by atoms with Crippen LogP contribution in [-0.4, -0.2) is 52.4 Å². The van der Waals surface area contributed by atoms with Gasteiger partial charge < -0.3 is 19.1 Å². The van der Waals surface area contributed by atoms with Crippen LogP contribution in [0.25, 0.3) is 0 Å². The number of methoxy groups -OCH3 is 1.